The van der Waals surface area contributed by atoms with Crippen LogP contribution in [0.5, 0.6) is 0 Å². The lowest BCUT2D eigenvalue weighted by molar-refractivity contribution is -0.159. The Morgan fingerprint density at radius 1 is 1.47 bits per heavy atom. The zero-order chi connectivity index (χ0) is 12.3. The van der Waals surface area contributed by atoms with E-state index in [1.165, 1.54) is 6.08 Å². The molecular formula is C14H20O3. The van der Waals surface area contributed by atoms with Crippen LogP contribution in [0.15, 0.2) is 12.7 Å². The summed E-state index contributed by atoms with van der Waals surface area (Å²) < 4.78 is 5.68. The van der Waals surface area contributed by atoms with Gasteiger partial charge in [-0.15, -0.1) is 0 Å². The number of carbonyl (C=O) groups is 1. The van der Waals surface area contributed by atoms with Crippen molar-refractivity contribution in [2.75, 3.05) is 0 Å². The van der Waals surface area contributed by atoms with Gasteiger partial charge in [-0.2, -0.15) is 0 Å². The second-order valence-electron chi connectivity index (χ2n) is 6.37. The van der Waals surface area contributed by atoms with Crippen LogP contribution in [0.25, 0.3) is 0 Å². The molecule has 0 spiro atoms. The van der Waals surface area contributed by atoms with E-state index in [0.717, 1.165) is 32.1 Å². The number of fused-ring (bicyclic) bond motifs is 5. The minimum Gasteiger partial charge on any atom is -0.456 e. The van der Waals surface area contributed by atoms with E-state index in [9.17, 15) is 9.90 Å². The summed E-state index contributed by atoms with van der Waals surface area (Å²) in [7, 11) is 0. The lowest BCUT2D eigenvalue weighted by Gasteiger charge is -2.35. The predicted molar refractivity (Wildman–Crippen MR) is 63.2 cm³/mol. The fourth-order valence-electron chi connectivity index (χ4n) is 4.62. The first kappa shape index (κ1) is 11.3. The summed E-state index contributed by atoms with van der Waals surface area (Å²) in [6.45, 7) is 5.38. The van der Waals surface area contributed by atoms with E-state index in [4.69, 9.17) is 4.74 Å². The summed E-state index contributed by atoms with van der Waals surface area (Å²) >= 11 is 0. The van der Waals surface area contributed by atoms with E-state index >= 15 is 0 Å². The van der Waals surface area contributed by atoms with E-state index in [0.29, 0.717) is 17.8 Å². The average Bonchev–Trinajstić information content (AvgIpc) is 2.85. The molecule has 0 aromatic rings. The quantitative estimate of drug-likeness (QED) is 0.589. The van der Waals surface area contributed by atoms with Crippen LogP contribution >= 0.6 is 0 Å². The van der Waals surface area contributed by atoms with E-state index in [2.05, 4.69) is 6.58 Å². The number of carbonyl (C=O) groups excluding carboxylic acids is 1. The third-order valence-electron chi connectivity index (χ3n) is 5.15. The SMILES string of the molecule is C=CC(=O)OC12CCC(C1)C1CC(C)(O)CC12. The molecule has 3 aliphatic carbocycles. The second-order valence-corrected chi connectivity index (χ2v) is 6.37. The molecule has 3 heteroatoms. The number of rotatable bonds is 2. The molecule has 3 aliphatic rings. The highest BCUT2D eigenvalue weighted by Gasteiger charge is 2.64. The second kappa shape index (κ2) is 3.35. The number of hydrogen-bond acceptors (Lipinski definition) is 3. The summed E-state index contributed by atoms with van der Waals surface area (Å²) in [5.74, 6) is 1.25. The van der Waals surface area contributed by atoms with Crippen molar-refractivity contribution < 1.29 is 14.6 Å². The first-order valence-electron chi connectivity index (χ1n) is 6.54. The average molecular weight is 236 g/mol. The molecule has 94 valence electrons. The van der Waals surface area contributed by atoms with Gasteiger partial charge in [0, 0.05) is 12.0 Å². The molecule has 3 saturated carbocycles. The predicted octanol–water partition coefficient (Wildman–Crippen LogP) is 2.05. The van der Waals surface area contributed by atoms with Gasteiger partial charge in [0.1, 0.15) is 5.60 Å². The van der Waals surface area contributed by atoms with E-state index in [-0.39, 0.29) is 11.6 Å². The monoisotopic (exact) mass is 236 g/mol. The Morgan fingerprint density at radius 3 is 2.94 bits per heavy atom. The first-order valence-corrected chi connectivity index (χ1v) is 6.54. The van der Waals surface area contributed by atoms with Crippen LogP contribution in [0.1, 0.15) is 39.0 Å². The maximum Gasteiger partial charge on any atom is 0.330 e. The summed E-state index contributed by atoms with van der Waals surface area (Å²) in [4.78, 5) is 11.5. The largest absolute Gasteiger partial charge is 0.456 e. The Balaban J connectivity index is 1.86. The van der Waals surface area contributed by atoms with Crippen LogP contribution in [0.4, 0.5) is 0 Å². The van der Waals surface area contributed by atoms with Crippen LogP contribution in [0.2, 0.25) is 0 Å². The smallest absolute Gasteiger partial charge is 0.330 e. The summed E-state index contributed by atoms with van der Waals surface area (Å²) in [6, 6.07) is 0. The molecule has 17 heavy (non-hydrogen) atoms. The Hall–Kier alpha value is -0.830. The molecule has 5 atom stereocenters. The third kappa shape index (κ3) is 1.55. The molecule has 0 aliphatic heterocycles. The Morgan fingerprint density at radius 2 is 2.24 bits per heavy atom. The van der Waals surface area contributed by atoms with Crippen molar-refractivity contribution in [3.63, 3.8) is 0 Å². The fraction of sp³-hybridized carbons (Fsp3) is 0.786. The Labute approximate surface area is 102 Å². The topological polar surface area (TPSA) is 46.5 Å². The highest BCUT2D eigenvalue weighted by atomic mass is 16.6. The highest BCUT2D eigenvalue weighted by Crippen LogP contribution is 2.64. The molecule has 0 saturated heterocycles. The standard InChI is InChI=1S/C14H20O3/c1-3-12(15)17-14-5-4-9(6-14)10-7-13(2,16)8-11(10)14/h3,9-11,16H,1,4-8H2,2H3. The summed E-state index contributed by atoms with van der Waals surface area (Å²) in [5.41, 5.74) is -0.856. The maximum absolute atomic E-state index is 11.5. The normalized spacial score (nSPS) is 51.3. The fourth-order valence-corrected chi connectivity index (χ4v) is 4.62. The van der Waals surface area contributed by atoms with Crippen molar-refractivity contribution in [3.8, 4) is 0 Å². The molecule has 0 amide bonds. The van der Waals surface area contributed by atoms with Crippen molar-refractivity contribution in [2.24, 2.45) is 17.8 Å². The number of aliphatic hydroxyl groups is 1. The minimum absolute atomic E-state index is 0.291. The van der Waals surface area contributed by atoms with E-state index < -0.39 is 5.60 Å². The van der Waals surface area contributed by atoms with Crippen molar-refractivity contribution in [1.82, 2.24) is 0 Å². The molecule has 1 N–H and O–H groups in total. The van der Waals surface area contributed by atoms with Gasteiger partial charge in [-0.3, -0.25) is 0 Å². The Kier molecular flexibility index (Phi) is 2.22. The van der Waals surface area contributed by atoms with Crippen molar-refractivity contribution >= 4 is 5.97 Å². The number of ether oxygens (including phenoxy) is 1. The molecular weight excluding hydrogens is 216 g/mol. The molecule has 0 radical (unpaired) electrons. The molecule has 0 aromatic carbocycles. The molecule has 0 heterocycles. The summed E-state index contributed by atoms with van der Waals surface area (Å²) in [5, 5.41) is 10.2. The lowest BCUT2D eigenvalue weighted by Crippen LogP contribution is -2.39. The number of hydrogen-bond donors (Lipinski definition) is 1. The van der Waals surface area contributed by atoms with Crippen LogP contribution in [0.3, 0.4) is 0 Å². The van der Waals surface area contributed by atoms with Gasteiger partial charge in [-0.25, -0.2) is 4.79 Å². The van der Waals surface area contributed by atoms with Crippen LogP contribution < -0.4 is 0 Å². The van der Waals surface area contributed by atoms with Gasteiger partial charge in [0.2, 0.25) is 0 Å². The van der Waals surface area contributed by atoms with Gasteiger partial charge in [0.15, 0.2) is 0 Å². The first-order chi connectivity index (χ1) is 7.96. The van der Waals surface area contributed by atoms with Gasteiger partial charge in [-0.1, -0.05) is 6.58 Å². The number of esters is 1. The van der Waals surface area contributed by atoms with Gasteiger partial charge >= 0.3 is 5.97 Å². The molecule has 3 nitrogen and oxygen atoms in total. The Bertz CT molecular complexity index is 374. The molecule has 2 bridgehead atoms. The van der Waals surface area contributed by atoms with Crippen LogP contribution in [0, 0.1) is 17.8 Å². The van der Waals surface area contributed by atoms with Crippen molar-refractivity contribution in [2.45, 2.75) is 50.2 Å². The zero-order valence-electron chi connectivity index (χ0n) is 10.3. The third-order valence-corrected chi connectivity index (χ3v) is 5.15. The molecule has 5 unspecified atom stereocenters. The van der Waals surface area contributed by atoms with E-state index in [1.54, 1.807) is 0 Å². The maximum atomic E-state index is 11.5. The van der Waals surface area contributed by atoms with Gasteiger partial charge in [-0.05, 0) is 50.9 Å². The van der Waals surface area contributed by atoms with Gasteiger partial charge in [0.25, 0.3) is 0 Å². The molecule has 3 rings (SSSR count). The van der Waals surface area contributed by atoms with Crippen LogP contribution in [-0.4, -0.2) is 22.3 Å². The van der Waals surface area contributed by atoms with E-state index in [1.807, 2.05) is 6.92 Å². The van der Waals surface area contributed by atoms with Crippen molar-refractivity contribution in [3.05, 3.63) is 12.7 Å². The molecule has 3 fully saturated rings. The van der Waals surface area contributed by atoms with Gasteiger partial charge in [0.05, 0.1) is 5.60 Å². The lowest BCUT2D eigenvalue weighted by atomic mass is 9.79. The highest BCUT2D eigenvalue weighted by molar-refractivity contribution is 5.81. The van der Waals surface area contributed by atoms with Crippen LogP contribution in [-0.2, 0) is 9.53 Å². The molecule has 0 aromatic heterocycles. The van der Waals surface area contributed by atoms with Gasteiger partial charge < -0.3 is 9.84 Å². The summed E-state index contributed by atoms with van der Waals surface area (Å²) in [6.07, 6.45) is 6.00. The van der Waals surface area contributed by atoms with Crippen molar-refractivity contribution in [1.29, 1.82) is 0 Å². The zero-order valence-corrected chi connectivity index (χ0v) is 10.3. The minimum atomic E-state index is -0.565.